The van der Waals surface area contributed by atoms with Crippen molar-refractivity contribution in [3.63, 3.8) is 0 Å². The Kier molecular flexibility index (Phi) is 6.95. The highest BCUT2D eigenvalue weighted by molar-refractivity contribution is 7.91. The molecule has 1 heterocycles. The molecule has 0 aliphatic heterocycles. The fraction of sp³-hybridized carbons (Fsp3) is 0.643. The Labute approximate surface area is 121 Å². The molecule has 0 aliphatic rings. The first-order valence-corrected chi connectivity index (χ1v) is 8.74. The fourth-order valence-electron chi connectivity index (χ4n) is 1.52. The Bertz CT molecular complexity index is 484. The first-order chi connectivity index (χ1) is 9.43. The van der Waals surface area contributed by atoms with E-state index in [4.69, 9.17) is 4.74 Å². The van der Waals surface area contributed by atoms with Crippen molar-refractivity contribution in [3.05, 3.63) is 24.0 Å². The van der Waals surface area contributed by atoms with Gasteiger partial charge in [0, 0.05) is 12.3 Å². The molecule has 0 fully saturated rings. The lowest BCUT2D eigenvalue weighted by Crippen LogP contribution is -2.19. The third-order valence-electron chi connectivity index (χ3n) is 2.76. The Morgan fingerprint density at radius 3 is 2.65 bits per heavy atom. The van der Waals surface area contributed by atoms with Gasteiger partial charge in [0.05, 0.1) is 17.6 Å². The van der Waals surface area contributed by atoms with E-state index in [1.54, 1.807) is 13.1 Å². The topological polar surface area (TPSA) is 68.3 Å². The summed E-state index contributed by atoms with van der Waals surface area (Å²) in [4.78, 5) is 4.27. The first kappa shape index (κ1) is 16.9. The highest BCUT2D eigenvalue weighted by Crippen LogP contribution is 2.09. The van der Waals surface area contributed by atoms with E-state index in [2.05, 4.69) is 24.1 Å². The Morgan fingerprint density at radius 1 is 1.35 bits per heavy atom. The van der Waals surface area contributed by atoms with Crippen LogP contribution in [0.25, 0.3) is 0 Å². The van der Waals surface area contributed by atoms with Gasteiger partial charge in [-0.05, 0) is 24.6 Å². The molecule has 0 atom stereocenters. The SMILES string of the molecule is CCS(=O)(=O)CCOc1ccc(CNCC(C)C)nc1. The second-order valence-corrected chi connectivity index (χ2v) is 7.57. The Hall–Kier alpha value is -1.14. The van der Waals surface area contributed by atoms with Gasteiger partial charge in [0.15, 0.2) is 9.84 Å². The predicted molar refractivity (Wildman–Crippen MR) is 80.6 cm³/mol. The van der Waals surface area contributed by atoms with E-state index in [-0.39, 0.29) is 18.1 Å². The lowest BCUT2D eigenvalue weighted by Gasteiger charge is -2.08. The number of aromatic nitrogens is 1. The van der Waals surface area contributed by atoms with Gasteiger partial charge in [0.2, 0.25) is 0 Å². The lowest BCUT2D eigenvalue weighted by atomic mass is 10.2. The molecule has 114 valence electrons. The van der Waals surface area contributed by atoms with Gasteiger partial charge in [-0.15, -0.1) is 0 Å². The summed E-state index contributed by atoms with van der Waals surface area (Å²) in [5.41, 5.74) is 0.944. The number of nitrogens with zero attached hydrogens (tertiary/aromatic N) is 1. The minimum atomic E-state index is -2.97. The largest absolute Gasteiger partial charge is 0.491 e. The summed E-state index contributed by atoms with van der Waals surface area (Å²) >= 11 is 0. The molecule has 1 aromatic heterocycles. The van der Waals surface area contributed by atoms with Gasteiger partial charge in [0.1, 0.15) is 12.4 Å². The summed E-state index contributed by atoms with van der Waals surface area (Å²) in [5.74, 6) is 1.40. The maximum absolute atomic E-state index is 11.3. The van der Waals surface area contributed by atoms with E-state index < -0.39 is 9.84 Å². The molecule has 0 bridgehead atoms. The van der Waals surface area contributed by atoms with Crippen LogP contribution in [0.2, 0.25) is 0 Å². The van der Waals surface area contributed by atoms with Crippen LogP contribution in [-0.2, 0) is 16.4 Å². The van der Waals surface area contributed by atoms with Crippen molar-refractivity contribution >= 4 is 9.84 Å². The monoisotopic (exact) mass is 300 g/mol. The molecule has 1 N–H and O–H groups in total. The summed E-state index contributed by atoms with van der Waals surface area (Å²) in [6, 6.07) is 3.70. The Balaban J connectivity index is 2.35. The predicted octanol–water partition coefficient (Wildman–Crippen LogP) is 1.64. The molecule has 0 saturated heterocycles. The molecule has 0 amide bonds. The molecule has 1 aromatic rings. The molecule has 20 heavy (non-hydrogen) atoms. The summed E-state index contributed by atoms with van der Waals surface area (Å²) in [6.45, 7) is 7.79. The van der Waals surface area contributed by atoms with Crippen LogP contribution in [0.5, 0.6) is 5.75 Å². The number of sulfone groups is 1. The van der Waals surface area contributed by atoms with E-state index in [9.17, 15) is 8.42 Å². The fourth-order valence-corrected chi connectivity index (χ4v) is 2.15. The standard InChI is InChI=1S/C14H24N2O3S/c1-4-20(17,18)8-7-19-14-6-5-13(16-11-14)10-15-9-12(2)3/h5-6,11-12,15H,4,7-10H2,1-3H3. The van der Waals surface area contributed by atoms with Gasteiger partial charge in [-0.1, -0.05) is 20.8 Å². The molecular formula is C14H24N2O3S. The van der Waals surface area contributed by atoms with Crippen molar-refractivity contribution in [2.24, 2.45) is 5.92 Å². The van der Waals surface area contributed by atoms with Crippen LogP contribution in [0.3, 0.4) is 0 Å². The van der Waals surface area contributed by atoms with Crippen molar-refractivity contribution in [2.75, 3.05) is 24.7 Å². The summed E-state index contributed by atoms with van der Waals surface area (Å²) in [5, 5.41) is 3.31. The quantitative estimate of drug-likeness (QED) is 0.751. The number of rotatable bonds is 9. The number of hydrogen-bond acceptors (Lipinski definition) is 5. The summed E-state index contributed by atoms with van der Waals surface area (Å²) in [7, 11) is -2.97. The zero-order valence-electron chi connectivity index (χ0n) is 12.4. The zero-order valence-corrected chi connectivity index (χ0v) is 13.2. The average Bonchev–Trinajstić information content (AvgIpc) is 2.40. The maximum atomic E-state index is 11.3. The molecule has 0 unspecified atom stereocenters. The Morgan fingerprint density at radius 2 is 2.10 bits per heavy atom. The first-order valence-electron chi connectivity index (χ1n) is 6.92. The summed E-state index contributed by atoms with van der Waals surface area (Å²) in [6.07, 6.45) is 1.63. The van der Waals surface area contributed by atoms with Crippen molar-refractivity contribution in [3.8, 4) is 5.75 Å². The normalized spacial score (nSPS) is 11.8. The second kappa shape index (κ2) is 8.21. The number of nitrogens with one attached hydrogen (secondary N) is 1. The van der Waals surface area contributed by atoms with Crippen LogP contribution < -0.4 is 10.1 Å². The molecule has 0 radical (unpaired) electrons. The van der Waals surface area contributed by atoms with Crippen molar-refractivity contribution < 1.29 is 13.2 Å². The minimum Gasteiger partial charge on any atom is -0.491 e. The van der Waals surface area contributed by atoms with Crippen molar-refractivity contribution in [1.82, 2.24) is 10.3 Å². The molecule has 5 nitrogen and oxygen atoms in total. The zero-order chi connectivity index (χ0) is 15.0. The van der Waals surface area contributed by atoms with Crippen LogP contribution in [-0.4, -0.2) is 38.1 Å². The van der Waals surface area contributed by atoms with Crippen molar-refractivity contribution in [1.29, 1.82) is 0 Å². The van der Waals surface area contributed by atoms with Crippen LogP contribution >= 0.6 is 0 Å². The van der Waals surface area contributed by atoms with Crippen LogP contribution in [0.4, 0.5) is 0 Å². The summed E-state index contributed by atoms with van der Waals surface area (Å²) < 4.78 is 28.0. The third kappa shape index (κ3) is 6.86. The molecule has 6 heteroatoms. The van der Waals surface area contributed by atoms with E-state index in [0.29, 0.717) is 11.7 Å². The van der Waals surface area contributed by atoms with Gasteiger partial charge < -0.3 is 10.1 Å². The smallest absolute Gasteiger partial charge is 0.153 e. The van der Waals surface area contributed by atoms with Crippen LogP contribution in [0, 0.1) is 5.92 Å². The van der Waals surface area contributed by atoms with Crippen molar-refractivity contribution in [2.45, 2.75) is 27.3 Å². The molecular weight excluding hydrogens is 276 g/mol. The highest BCUT2D eigenvalue weighted by atomic mass is 32.2. The van der Waals surface area contributed by atoms with Gasteiger partial charge >= 0.3 is 0 Å². The van der Waals surface area contributed by atoms with Gasteiger partial charge in [-0.2, -0.15) is 0 Å². The molecule has 1 rings (SSSR count). The van der Waals surface area contributed by atoms with E-state index in [1.165, 1.54) is 0 Å². The maximum Gasteiger partial charge on any atom is 0.153 e. The van der Waals surface area contributed by atoms with E-state index in [1.807, 2.05) is 12.1 Å². The average molecular weight is 300 g/mol. The number of ether oxygens (including phenoxy) is 1. The van der Waals surface area contributed by atoms with E-state index in [0.717, 1.165) is 18.8 Å². The molecule has 0 saturated carbocycles. The third-order valence-corrected chi connectivity index (χ3v) is 4.43. The molecule has 0 aliphatic carbocycles. The second-order valence-electron chi connectivity index (χ2n) is 5.09. The number of pyridine rings is 1. The van der Waals surface area contributed by atoms with Gasteiger partial charge in [-0.25, -0.2) is 8.42 Å². The highest BCUT2D eigenvalue weighted by Gasteiger charge is 2.07. The van der Waals surface area contributed by atoms with Gasteiger partial charge in [0.25, 0.3) is 0 Å². The van der Waals surface area contributed by atoms with Crippen LogP contribution in [0.1, 0.15) is 26.5 Å². The molecule has 0 spiro atoms. The van der Waals surface area contributed by atoms with Crippen LogP contribution in [0.15, 0.2) is 18.3 Å². The molecule has 0 aromatic carbocycles. The minimum absolute atomic E-state index is 0.0429. The number of hydrogen-bond donors (Lipinski definition) is 1. The van der Waals surface area contributed by atoms with Gasteiger partial charge in [-0.3, -0.25) is 4.98 Å². The lowest BCUT2D eigenvalue weighted by molar-refractivity contribution is 0.339. The van der Waals surface area contributed by atoms with E-state index >= 15 is 0 Å².